The number of carbonyl (C=O) groups excluding carboxylic acids is 1. The Kier molecular flexibility index (Phi) is 5.65. The molecule has 0 radical (unpaired) electrons. The van der Waals surface area contributed by atoms with Gasteiger partial charge in [0.15, 0.2) is 0 Å². The van der Waals surface area contributed by atoms with Crippen LogP contribution in [0.15, 0.2) is 84.0 Å². The first-order valence-corrected chi connectivity index (χ1v) is 11.5. The van der Waals surface area contributed by atoms with Crippen LogP contribution in [0, 0.1) is 17.0 Å². The summed E-state index contributed by atoms with van der Waals surface area (Å²) in [7, 11) is 0. The number of fused-ring (bicyclic) bond motifs is 2. The van der Waals surface area contributed by atoms with Crippen LogP contribution < -0.4 is 5.43 Å². The van der Waals surface area contributed by atoms with Crippen LogP contribution in [0.1, 0.15) is 26.5 Å². The first kappa shape index (κ1) is 21.5. The van der Waals surface area contributed by atoms with Crippen molar-refractivity contribution < 1.29 is 9.72 Å². The molecule has 0 unspecified atom stereocenters. The minimum Gasteiger partial charge on any atom is -0.340 e. The Balaban J connectivity index is 1.40. The molecule has 1 N–H and O–H groups in total. The summed E-state index contributed by atoms with van der Waals surface area (Å²) < 4.78 is 3.05. The summed E-state index contributed by atoms with van der Waals surface area (Å²) in [5, 5.41) is 16.9. The normalized spacial score (nSPS) is 11.4. The van der Waals surface area contributed by atoms with Gasteiger partial charge in [-0.05, 0) is 30.7 Å². The number of hydrazone groups is 1. The standard InChI is InChI=1S/C26H20N4O3S/c1-17-22(21-9-5-6-10-23(21)29(17)16-18-7-3-2-4-8-18)15-27-28-26(31)25-14-19-13-20(30(32)33)11-12-24(19)34-25/h2-15H,16H2,1H3,(H,28,31). The van der Waals surface area contributed by atoms with Gasteiger partial charge in [-0.1, -0.05) is 48.5 Å². The number of para-hydroxylation sites is 1. The molecule has 5 aromatic rings. The maximum atomic E-state index is 12.7. The van der Waals surface area contributed by atoms with E-state index in [-0.39, 0.29) is 11.6 Å². The molecule has 0 aliphatic heterocycles. The second kappa shape index (κ2) is 8.92. The fourth-order valence-electron chi connectivity index (χ4n) is 4.06. The third-order valence-corrected chi connectivity index (χ3v) is 6.87. The molecule has 2 aromatic heterocycles. The monoisotopic (exact) mass is 468 g/mol. The van der Waals surface area contributed by atoms with E-state index in [1.54, 1.807) is 18.3 Å². The Hall–Kier alpha value is -4.30. The fourth-order valence-corrected chi connectivity index (χ4v) is 4.99. The molecule has 168 valence electrons. The van der Waals surface area contributed by atoms with Gasteiger partial charge in [-0.15, -0.1) is 11.3 Å². The number of hydrogen-bond acceptors (Lipinski definition) is 5. The van der Waals surface area contributed by atoms with Gasteiger partial charge < -0.3 is 4.57 Å². The number of aromatic nitrogens is 1. The molecule has 5 rings (SSSR count). The molecule has 0 saturated carbocycles. The quantitative estimate of drug-likeness (QED) is 0.192. The summed E-state index contributed by atoms with van der Waals surface area (Å²) in [6, 6.07) is 24.6. The molecule has 0 bridgehead atoms. The molecule has 3 aromatic carbocycles. The van der Waals surface area contributed by atoms with E-state index in [0.29, 0.717) is 10.3 Å². The van der Waals surface area contributed by atoms with Crippen LogP contribution in [0.4, 0.5) is 5.69 Å². The predicted molar refractivity (Wildman–Crippen MR) is 136 cm³/mol. The first-order valence-electron chi connectivity index (χ1n) is 10.6. The van der Waals surface area contributed by atoms with E-state index < -0.39 is 4.92 Å². The van der Waals surface area contributed by atoms with Crippen LogP contribution in [-0.4, -0.2) is 21.6 Å². The largest absolute Gasteiger partial charge is 0.340 e. The molecular formula is C26H20N4O3S. The molecule has 1 amide bonds. The molecule has 2 heterocycles. The topological polar surface area (TPSA) is 89.5 Å². The molecule has 0 aliphatic carbocycles. The fraction of sp³-hybridized carbons (Fsp3) is 0.0769. The lowest BCUT2D eigenvalue weighted by molar-refractivity contribution is -0.384. The van der Waals surface area contributed by atoms with E-state index >= 15 is 0 Å². The summed E-state index contributed by atoms with van der Waals surface area (Å²) in [5.74, 6) is -0.356. The van der Waals surface area contributed by atoms with Gasteiger partial charge in [0.25, 0.3) is 11.6 Å². The van der Waals surface area contributed by atoms with E-state index in [1.807, 2.05) is 43.3 Å². The molecular weight excluding hydrogens is 448 g/mol. The minimum atomic E-state index is -0.447. The number of benzene rings is 3. The highest BCUT2D eigenvalue weighted by Gasteiger charge is 2.15. The number of nitro benzene ring substituents is 1. The van der Waals surface area contributed by atoms with Gasteiger partial charge in [-0.3, -0.25) is 14.9 Å². The number of thiophene rings is 1. The lowest BCUT2D eigenvalue weighted by atomic mass is 10.1. The Bertz CT molecular complexity index is 1570. The van der Waals surface area contributed by atoms with Gasteiger partial charge >= 0.3 is 0 Å². The second-order valence-corrected chi connectivity index (χ2v) is 8.96. The van der Waals surface area contributed by atoms with Crippen molar-refractivity contribution in [2.45, 2.75) is 13.5 Å². The molecule has 0 spiro atoms. The lowest BCUT2D eigenvalue weighted by Crippen LogP contribution is -2.16. The van der Waals surface area contributed by atoms with E-state index in [9.17, 15) is 14.9 Å². The number of hydrogen-bond donors (Lipinski definition) is 1. The van der Waals surface area contributed by atoms with E-state index in [4.69, 9.17) is 0 Å². The number of amides is 1. The van der Waals surface area contributed by atoms with E-state index in [1.165, 1.54) is 29.0 Å². The van der Waals surface area contributed by atoms with Gasteiger partial charge in [-0.25, -0.2) is 5.43 Å². The van der Waals surface area contributed by atoms with Crippen molar-refractivity contribution >= 4 is 50.1 Å². The summed E-state index contributed by atoms with van der Waals surface area (Å²) in [4.78, 5) is 23.7. The molecule has 0 atom stereocenters. The Morgan fingerprint density at radius 1 is 1.09 bits per heavy atom. The zero-order valence-electron chi connectivity index (χ0n) is 18.3. The van der Waals surface area contributed by atoms with Crippen LogP contribution in [0.25, 0.3) is 21.0 Å². The van der Waals surface area contributed by atoms with Crippen molar-refractivity contribution in [1.29, 1.82) is 0 Å². The highest BCUT2D eigenvalue weighted by molar-refractivity contribution is 7.20. The van der Waals surface area contributed by atoms with Gasteiger partial charge in [0.05, 0.1) is 16.0 Å². The van der Waals surface area contributed by atoms with Crippen molar-refractivity contribution in [2.75, 3.05) is 0 Å². The molecule has 8 heteroatoms. The Morgan fingerprint density at radius 2 is 1.85 bits per heavy atom. The van der Waals surface area contributed by atoms with Gasteiger partial charge in [-0.2, -0.15) is 5.10 Å². The zero-order chi connectivity index (χ0) is 23.7. The number of carbonyl (C=O) groups is 1. The molecule has 0 fully saturated rings. The Labute approximate surface area is 199 Å². The number of nitro groups is 1. The SMILES string of the molecule is Cc1c(C=NNC(=O)c2cc3cc([N+](=O)[O-])ccc3s2)c2ccccc2n1Cc1ccccc1. The average molecular weight is 469 g/mol. The van der Waals surface area contributed by atoms with Crippen molar-refractivity contribution in [1.82, 2.24) is 9.99 Å². The average Bonchev–Trinajstić information content (AvgIpc) is 3.39. The minimum absolute atomic E-state index is 0.00218. The van der Waals surface area contributed by atoms with Crippen LogP contribution in [0.5, 0.6) is 0 Å². The lowest BCUT2D eigenvalue weighted by Gasteiger charge is -2.08. The first-order chi connectivity index (χ1) is 16.5. The molecule has 7 nitrogen and oxygen atoms in total. The number of non-ortho nitro benzene ring substituents is 1. The zero-order valence-corrected chi connectivity index (χ0v) is 19.1. The molecule has 34 heavy (non-hydrogen) atoms. The highest BCUT2D eigenvalue weighted by Crippen LogP contribution is 2.29. The van der Waals surface area contributed by atoms with Gasteiger partial charge in [0.1, 0.15) is 0 Å². The summed E-state index contributed by atoms with van der Waals surface area (Å²) in [6.07, 6.45) is 1.68. The highest BCUT2D eigenvalue weighted by atomic mass is 32.1. The van der Waals surface area contributed by atoms with Gasteiger partial charge in [0.2, 0.25) is 0 Å². The molecule has 0 saturated heterocycles. The second-order valence-electron chi connectivity index (χ2n) is 7.88. The van der Waals surface area contributed by atoms with Crippen molar-refractivity contribution in [3.63, 3.8) is 0 Å². The maximum Gasteiger partial charge on any atom is 0.281 e. The van der Waals surface area contributed by atoms with Crippen molar-refractivity contribution in [3.05, 3.63) is 111 Å². The van der Waals surface area contributed by atoms with E-state index in [0.717, 1.165) is 33.4 Å². The summed E-state index contributed by atoms with van der Waals surface area (Å²) in [6.45, 7) is 2.78. The smallest absolute Gasteiger partial charge is 0.281 e. The summed E-state index contributed by atoms with van der Waals surface area (Å²) >= 11 is 1.27. The third kappa shape index (κ3) is 4.06. The van der Waals surface area contributed by atoms with Crippen molar-refractivity contribution in [2.24, 2.45) is 5.10 Å². The number of nitrogens with zero attached hydrogens (tertiary/aromatic N) is 3. The van der Waals surface area contributed by atoms with E-state index in [2.05, 4.69) is 33.3 Å². The van der Waals surface area contributed by atoms with Gasteiger partial charge in [0, 0.05) is 50.9 Å². The summed E-state index contributed by atoms with van der Waals surface area (Å²) in [5.41, 5.74) is 6.89. The Morgan fingerprint density at radius 3 is 2.65 bits per heavy atom. The molecule has 0 aliphatic rings. The third-order valence-electron chi connectivity index (χ3n) is 5.76. The van der Waals surface area contributed by atoms with Crippen molar-refractivity contribution in [3.8, 4) is 0 Å². The number of rotatable bonds is 6. The predicted octanol–water partition coefficient (Wildman–Crippen LogP) is 5.88. The van der Waals surface area contributed by atoms with Crippen LogP contribution in [0.3, 0.4) is 0 Å². The maximum absolute atomic E-state index is 12.7. The van der Waals surface area contributed by atoms with Crippen LogP contribution in [-0.2, 0) is 6.54 Å². The van der Waals surface area contributed by atoms with Crippen LogP contribution >= 0.6 is 11.3 Å². The number of nitrogens with one attached hydrogen (secondary N) is 1. The van der Waals surface area contributed by atoms with Crippen LogP contribution in [0.2, 0.25) is 0 Å².